The van der Waals surface area contributed by atoms with E-state index in [9.17, 15) is 24.2 Å². The molecule has 2 saturated heterocycles. The molecule has 0 bridgehead atoms. The molecule has 0 aromatic heterocycles. The first-order valence-electron chi connectivity index (χ1n) is 10.6. The van der Waals surface area contributed by atoms with E-state index in [1.165, 1.54) is 36.3 Å². The average molecular weight is 456 g/mol. The van der Waals surface area contributed by atoms with E-state index < -0.39 is 29.3 Å². The highest BCUT2D eigenvalue weighted by molar-refractivity contribution is 6.46. The second kappa shape index (κ2) is 9.60. The Balaban J connectivity index is 1.75. The van der Waals surface area contributed by atoms with Crippen LogP contribution in [0.3, 0.4) is 0 Å². The number of aliphatic hydroxyl groups is 1. The Morgan fingerprint density at radius 3 is 2.58 bits per heavy atom. The normalized spacial score (nSPS) is 20.9. The predicted octanol–water partition coefficient (Wildman–Crippen LogP) is 2.29. The second-order valence-electron chi connectivity index (χ2n) is 7.89. The minimum Gasteiger partial charge on any atom is -0.508 e. The lowest BCUT2D eigenvalue weighted by atomic mass is 9.95. The lowest BCUT2D eigenvalue weighted by Crippen LogP contribution is -2.42. The number of likely N-dealkylation sites (tertiary alicyclic amines) is 1. The molecule has 4 rings (SSSR count). The number of hydrogen-bond acceptors (Lipinski definition) is 7. The summed E-state index contributed by atoms with van der Waals surface area (Å²) in [7, 11) is 1.32. The van der Waals surface area contributed by atoms with E-state index in [1.807, 2.05) is 0 Å². The first kappa shape index (κ1) is 22.8. The quantitative estimate of drug-likeness (QED) is 0.391. The molecular weight excluding hydrogens is 431 g/mol. The van der Waals surface area contributed by atoms with Crippen molar-refractivity contribution in [2.75, 3.05) is 46.5 Å². The third kappa shape index (κ3) is 4.55. The van der Waals surface area contributed by atoms with E-state index in [4.69, 9.17) is 9.47 Å². The Labute approximate surface area is 190 Å². The van der Waals surface area contributed by atoms with Gasteiger partial charge in [0, 0.05) is 31.7 Å². The van der Waals surface area contributed by atoms with Crippen LogP contribution in [0.25, 0.3) is 5.76 Å². The van der Waals surface area contributed by atoms with Gasteiger partial charge >= 0.3 is 0 Å². The molecule has 2 aliphatic rings. The minimum absolute atomic E-state index is 0.0120. The molecular formula is C24H25FN2O6. The number of hydrogen-bond donors (Lipinski definition) is 2. The van der Waals surface area contributed by atoms with Gasteiger partial charge in [0.2, 0.25) is 0 Å². The van der Waals surface area contributed by atoms with Gasteiger partial charge < -0.3 is 24.6 Å². The smallest absolute Gasteiger partial charge is 0.295 e. The minimum atomic E-state index is -0.927. The summed E-state index contributed by atoms with van der Waals surface area (Å²) in [6.45, 7) is 3.37. The molecule has 2 N–H and O–H groups in total. The highest BCUT2D eigenvalue weighted by Crippen LogP contribution is 2.40. The molecule has 0 spiro atoms. The van der Waals surface area contributed by atoms with Crippen LogP contribution in [0.4, 0.5) is 4.39 Å². The molecule has 2 fully saturated rings. The fourth-order valence-electron chi connectivity index (χ4n) is 4.20. The van der Waals surface area contributed by atoms with Crippen LogP contribution in [0.2, 0.25) is 0 Å². The Hall–Kier alpha value is -3.43. The van der Waals surface area contributed by atoms with Crippen LogP contribution in [0, 0.1) is 5.82 Å². The topological polar surface area (TPSA) is 99.5 Å². The van der Waals surface area contributed by atoms with Gasteiger partial charge in [-0.15, -0.1) is 0 Å². The van der Waals surface area contributed by atoms with Gasteiger partial charge in [-0.05, 0) is 35.9 Å². The SMILES string of the molecule is COc1ccc(/C(O)=C2\C(=O)C(=O)N(CCN3CCOCC3)C2c2cccc(O)c2)cc1F. The summed E-state index contributed by atoms with van der Waals surface area (Å²) in [4.78, 5) is 29.5. The fraction of sp³-hybridized carbons (Fsp3) is 0.333. The molecule has 0 radical (unpaired) electrons. The maximum Gasteiger partial charge on any atom is 0.295 e. The second-order valence-corrected chi connectivity index (χ2v) is 7.89. The Kier molecular flexibility index (Phi) is 6.62. The van der Waals surface area contributed by atoms with Crippen molar-refractivity contribution in [2.45, 2.75) is 6.04 Å². The maximum atomic E-state index is 14.3. The fourth-order valence-corrected chi connectivity index (χ4v) is 4.20. The molecule has 0 aliphatic carbocycles. The zero-order valence-corrected chi connectivity index (χ0v) is 18.2. The van der Waals surface area contributed by atoms with Crippen LogP contribution in [0.15, 0.2) is 48.0 Å². The number of ether oxygens (including phenoxy) is 2. The number of halogens is 1. The highest BCUT2D eigenvalue weighted by Gasteiger charge is 2.46. The summed E-state index contributed by atoms with van der Waals surface area (Å²) in [5.74, 6) is -2.87. The standard InChI is InChI=1S/C24H25FN2O6/c1-32-19-6-5-16(14-18(19)25)22(29)20-21(15-3-2-4-17(28)13-15)27(24(31)23(20)30)8-7-26-9-11-33-12-10-26/h2-6,13-14,21,28-29H,7-12H2,1H3/b22-20+. The molecule has 0 saturated carbocycles. The Bertz CT molecular complexity index is 1100. The van der Waals surface area contributed by atoms with E-state index in [0.717, 1.165) is 6.07 Å². The van der Waals surface area contributed by atoms with Crippen LogP contribution in [0.5, 0.6) is 11.5 Å². The number of benzene rings is 2. The van der Waals surface area contributed by atoms with E-state index in [1.54, 1.807) is 12.1 Å². The van der Waals surface area contributed by atoms with Crippen molar-refractivity contribution in [1.82, 2.24) is 9.80 Å². The van der Waals surface area contributed by atoms with Crippen LogP contribution < -0.4 is 4.74 Å². The van der Waals surface area contributed by atoms with E-state index in [2.05, 4.69) is 4.90 Å². The van der Waals surface area contributed by atoms with Crippen molar-refractivity contribution in [3.63, 3.8) is 0 Å². The average Bonchev–Trinajstić information content (AvgIpc) is 3.07. The zero-order chi connectivity index (χ0) is 23.5. The summed E-state index contributed by atoms with van der Waals surface area (Å²) < 4.78 is 24.5. The van der Waals surface area contributed by atoms with Crippen molar-refractivity contribution in [2.24, 2.45) is 0 Å². The Morgan fingerprint density at radius 1 is 1.15 bits per heavy atom. The molecule has 2 aromatic rings. The van der Waals surface area contributed by atoms with Crippen molar-refractivity contribution in [3.8, 4) is 11.5 Å². The highest BCUT2D eigenvalue weighted by atomic mass is 19.1. The molecule has 8 nitrogen and oxygen atoms in total. The molecule has 1 atom stereocenters. The number of amides is 1. The van der Waals surface area contributed by atoms with Crippen LogP contribution in [-0.2, 0) is 14.3 Å². The van der Waals surface area contributed by atoms with Crippen LogP contribution in [-0.4, -0.2) is 78.2 Å². The third-order valence-electron chi connectivity index (χ3n) is 5.91. The van der Waals surface area contributed by atoms with Crippen LogP contribution in [0.1, 0.15) is 17.2 Å². The van der Waals surface area contributed by atoms with Crippen molar-refractivity contribution in [3.05, 3.63) is 65.0 Å². The van der Waals surface area contributed by atoms with E-state index in [-0.39, 0.29) is 29.2 Å². The molecule has 2 aliphatic heterocycles. The number of ketones is 1. The number of phenols is 1. The van der Waals surface area contributed by atoms with Crippen molar-refractivity contribution >= 4 is 17.4 Å². The van der Waals surface area contributed by atoms with E-state index >= 15 is 0 Å². The van der Waals surface area contributed by atoms with Gasteiger partial charge in [-0.25, -0.2) is 4.39 Å². The number of phenolic OH excluding ortho intramolecular Hbond substituents is 1. The summed E-state index contributed by atoms with van der Waals surface area (Å²) in [6, 6.07) is 9.06. The summed E-state index contributed by atoms with van der Waals surface area (Å²) in [5.41, 5.74) is 0.355. The number of carbonyl (C=O) groups excluding carboxylic acids is 2. The van der Waals surface area contributed by atoms with Crippen molar-refractivity contribution < 1.29 is 33.7 Å². The van der Waals surface area contributed by atoms with Crippen molar-refractivity contribution in [1.29, 1.82) is 0 Å². The lowest BCUT2D eigenvalue weighted by molar-refractivity contribution is -0.140. The molecule has 33 heavy (non-hydrogen) atoms. The molecule has 2 heterocycles. The number of rotatable bonds is 6. The predicted molar refractivity (Wildman–Crippen MR) is 117 cm³/mol. The van der Waals surface area contributed by atoms with Gasteiger partial charge in [-0.3, -0.25) is 14.5 Å². The van der Waals surface area contributed by atoms with Gasteiger partial charge in [0.1, 0.15) is 11.5 Å². The molecule has 2 aromatic carbocycles. The molecule has 174 valence electrons. The maximum absolute atomic E-state index is 14.3. The number of aliphatic hydroxyl groups excluding tert-OH is 1. The summed E-state index contributed by atoms with van der Waals surface area (Å²) in [6.07, 6.45) is 0. The number of morpholine rings is 1. The number of aromatic hydroxyl groups is 1. The van der Waals surface area contributed by atoms with Gasteiger partial charge in [0.05, 0.1) is 31.9 Å². The molecule has 9 heteroatoms. The van der Waals surface area contributed by atoms with E-state index in [0.29, 0.717) is 38.4 Å². The number of methoxy groups -OCH3 is 1. The molecule has 1 unspecified atom stereocenters. The Morgan fingerprint density at radius 2 is 1.91 bits per heavy atom. The summed E-state index contributed by atoms with van der Waals surface area (Å²) in [5, 5.41) is 21.0. The van der Waals surface area contributed by atoms with Gasteiger partial charge in [0.25, 0.3) is 11.7 Å². The lowest BCUT2D eigenvalue weighted by Gasteiger charge is -2.31. The number of nitrogens with zero attached hydrogens (tertiary/aromatic N) is 2. The number of Topliss-reactive ketones (excluding diaryl/α,β-unsaturated/α-hetero) is 1. The van der Waals surface area contributed by atoms with Crippen LogP contribution >= 0.6 is 0 Å². The first-order chi connectivity index (χ1) is 15.9. The number of carbonyl (C=O) groups is 2. The van der Waals surface area contributed by atoms with Gasteiger partial charge in [-0.2, -0.15) is 0 Å². The largest absolute Gasteiger partial charge is 0.508 e. The summed E-state index contributed by atoms with van der Waals surface area (Å²) >= 11 is 0. The van der Waals surface area contributed by atoms with Gasteiger partial charge in [0.15, 0.2) is 11.6 Å². The zero-order valence-electron chi connectivity index (χ0n) is 18.2. The molecule has 1 amide bonds. The monoisotopic (exact) mass is 456 g/mol. The first-order valence-corrected chi connectivity index (χ1v) is 10.6. The third-order valence-corrected chi connectivity index (χ3v) is 5.91. The van der Waals surface area contributed by atoms with Gasteiger partial charge in [-0.1, -0.05) is 12.1 Å².